The van der Waals surface area contributed by atoms with Crippen LogP contribution < -0.4 is 5.73 Å². The fourth-order valence-electron chi connectivity index (χ4n) is 1.20. The summed E-state index contributed by atoms with van der Waals surface area (Å²) in [5.74, 6) is -1.32. The van der Waals surface area contributed by atoms with Gasteiger partial charge in [-0.05, 0) is 13.3 Å². The first kappa shape index (κ1) is 12.9. The van der Waals surface area contributed by atoms with Crippen LogP contribution in [0.4, 0.5) is 0 Å². The van der Waals surface area contributed by atoms with Gasteiger partial charge in [-0.3, -0.25) is 9.59 Å². The molecule has 0 heterocycles. The van der Waals surface area contributed by atoms with Crippen molar-refractivity contribution in [3.05, 3.63) is 0 Å². The first-order valence-corrected chi connectivity index (χ1v) is 4.79. The summed E-state index contributed by atoms with van der Waals surface area (Å²) in [7, 11) is 0. The fraction of sp³-hybridized carbons (Fsp3) is 0.778. The van der Waals surface area contributed by atoms with Crippen molar-refractivity contribution in [3.8, 4) is 0 Å². The molecule has 0 aromatic heterocycles. The zero-order valence-corrected chi connectivity index (χ0v) is 8.69. The second kappa shape index (κ2) is 6.37. The van der Waals surface area contributed by atoms with Crippen LogP contribution in [-0.4, -0.2) is 41.0 Å². The van der Waals surface area contributed by atoms with Crippen molar-refractivity contribution >= 4 is 11.9 Å². The molecule has 0 saturated carbocycles. The summed E-state index contributed by atoms with van der Waals surface area (Å²) in [4.78, 5) is 23.4. The van der Waals surface area contributed by atoms with Gasteiger partial charge in [0.15, 0.2) is 0 Å². The highest BCUT2D eigenvalue weighted by Gasteiger charge is 2.21. The molecule has 0 rings (SSSR count). The third kappa shape index (κ3) is 4.23. The van der Waals surface area contributed by atoms with Crippen LogP contribution in [-0.2, 0) is 9.59 Å². The predicted octanol–water partition coefficient (Wildman–Crippen LogP) is 0.0469. The van der Waals surface area contributed by atoms with Gasteiger partial charge in [0.1, 0.15) is 0 Å². The summed E-state index contributed by atoms with van der Waals surface area (Å²) in [5.41, 5.74) is 5.45. The van der Waals surface area contributed by atoms with Crippen LogP contribution in [0.5, 0.6) is 0 Å². The Kier molecular flexibility index (Phi) is 5.87. The van der Waals surface area contributed by atoms with E-state index in [1.165, 1.54) is 0 Å². The molecule has 1 amide bonds. The van der Waals surface area contributed by atoms with Crippen LogP contribution in [0.25, 0.3) is 0 Å². The number of carbonyl (C=O) groups is 2. The van der Waals surface area contributed by atoms with E-state index in [1.807, 2.05) is 13.8 Å². The van der Waals surface area contributed by atoms with Crippen molar-refractivity contribution in [2.45, 2.75) is 32.7 Å². The highest BCUT2D eigenvalue weighted by atomic mass is 16.4. The minimum absolute atomic E-state index is 0.281. The molecule has 0 aliphatic carbocycles. The average Bonchev–Trinajstić information content (AvgIpc) is 2.12. The Hall–Kier alpha value is -1.10. The van der Waals surface area contributed by atoms with Gasteiger partial charge in [-0.15, -0.1) is 0 Å². The van der Waals surface area contributed by atoms with Crippen LogP contribution in [0.1, 0.15) is 26.7 Å². The largest absolute Gasteiger partial charge is 0.481 e. The highest BCUT2D eigenvalue weighted by Crippen LogP contribution is 1.98. The van der Waals surface area contributed by atoms with E-state index in [1.54, 1.807) is 4.90 Å². The maximum Gasteiger partial charge on any atom is 0.305 e. The minimum atomic E-state index is -1.04. The summed E-state index contributed by atoms with van der Waals surface area (Å²) in [6.07, 6.45) is 0.540. The Bertz CT molecular complexity index is 206. The van der Waals surface area contributed by atoms with Gasteiger partial charge < -0.3 is 15.7 Å². The number of likely N-dealkylation sites (N-methyl/N-ethyl adjacent to an activating group) is 1. The number of rotatable bonds is 6. The number of carboxylic acid groups (broad SMARTS) is 1. The lowest BCUT2D eigenvalue weighted by Crippen LogP contribution is -2.45. The van der Waals surface area contributed by atoms with Crippen molar-refractivity contribution in [3.63, 3.8) is 0 Å². The Morgan fingerprint density at radius 2 is 2.00 bits per heavy atom. The van der Waals surface area contributed by atoms with Gasteiger partial charge in [0, 0.05) is 13.1 Å². The lowest BCUT2D eigenvalue weighted by Gasteiger charge is -2.22. The molecular weight excluding hydrogens is 184 g/mol. The summed E-state index contributed by atoms with van der Waals surface area (Å²) in [5, 5.41) is 8.47. The zero-order chi connectivity index (χ0) is 11.1. The standard InChI is InChI=1S/C9H18N2O3/c1-3-5-11(4-2)9(14)7(10)6-8(12)13/h7H,3-6,10H2,1-2H3,(H,12,13). The van der Waals surface area contributed by atoms with Gasteiger partial charge in [-0.25, -0.2) is 0 Å². The van der Waals surface area contributed by atoms with E-state index in [0.29, 0.717) is 13.1 Å². The Morgan fingerprint density at radius 1 is 1.43 bits per heavy atom. The molecule has 5 heteroatoms. The molecule has 0 aliphatic rings. The van der Waals surface area contributed by atoms with E-state index in [4.69, 9.17) is 10.8 Å². The first-order chi connectivity index (χ1) is 6.52. The molecule has 0 radical (unpaired) electrons. The second-order valence-electron chi connectivity index (χ2n) is 3.12. The van der Waals surface area contributed by atoms with Crippen LogP contribution in [0, 0.1) is 0 Å². The zero-order valence-electron chi connectivity index (χ0n) is 8.69. The van der Waals surface area contributed by atoms with E-state index >= 15 is 0 Å². The van der Waals surface area contributed by atoms with Crippen molar-refractivity contribution in [1.82, 2.24) is 4.90 Å². The number of nitrogens with two attached hydrogens (primary N) is 1. The summed E-state index contributed by atoms with van der Waals surface area (Å²) < 4.78 is 0. The SMILES string of the molecule is CCCN(CC)C(=O)C(N)CC(=O)O. The molecule has 0 spiro atoms. The van der Waals surface area contributed by atoms with Crippen molar-refractivity contribution in [2.75, 3.05) is 13.1 Å². The van der Waals surface area contributed by atoms with Crippen LogP contribution in [0.2, 0.25) is 0 Å². The van der Waals surface area contributed by atoms with Gasteiger partial charge in [-0.2, -0.15) is 0 Å². The molecule has 14 heavy (non-hydrogen) atoms. The van der Waals surface area contributed by atoms with E-state index in [9.17, 15) is 9.59 Å². The molecule has 3 N–H and O–H groups in total. The van der Waals surface area contributed by atoms with Gasteiger partial charge >= 0.3 is 5.97 Å². The predicted molar refractivity (Wildman–Crippen MR) is 52.8 cm³/mol. The number of hydrogen-bond acceptors (Lipinski definition) is 3. The van der Waals surface area contributed by atoms with Crippen LogP contribution in [0.3, 0.4) is 0 Å². The topological polar surface area (TPSA) is 83.6 Å². The van der Waals surface area contributed by atoms with Crippen LogP contribution in [0.15, 0.2) is 0 Å². The molecule has 1 atom stereocenters. The number of carboxylic acids is 1. The van der Waals surface area contributed by atoms with Crippen molar-refractivity contribution in [2.24, 2.45) is 5.73 Å². The minimum Gasteiger partial charge on any atom is -0.481 e. The quantitative estimate of drug-likeness (QED) is 0.637. The number of aliphatic carboxylic acids is 1. The maximum absolute atomic E-state index is 11.5. The average molecular weight is 202 g/mol. The fourth-order valence-corrected chi connectivity index (χ4v) is 1.20. The second-order valence-corrected chi connectivity index (χ2v) is 3.12. The summed E-state index contributed by atoms with van der Waals surface area (Å²) in [6, 6.07) is -0.918. The van der Waals surface area contributed by atoms with E-state index < -0.39 is 12.0 Å². The molecule has 5 nitrogen and oxygen atoms in total. The number of amides is 1. The van der Waals surface area contributed by atoms with Crippen LogP contribution >= 0.6 is 0 Å². The molecule has 0 aromatic rings. The Morgan fingerprint density at radius 3 is 2.36 bits per heavy atom. The smallest absolute Gasteiger partial charge is 0.305 e. The highest BCUT2D eigenvalue weighted by molar-refractivity contribution is 5.85. The Labute approximate surface area is 83.9 Å². The Balaban J connectivity index is 4.19. The molecule has 0 fully saturated rings. The number of nitrogens with zero attached hydrogens (tertiary/aromatic N) is 1. The van der Waals surface area contributed by atoms with Crippen molar-refractivity contribution in [1.29, 1.82) is 0 Å². The van der Waals surface area contributed by atoms with E-state index in [-0.39, 0.29) is 12.3 Å². The third-order valence-electron chi connectivity index (χ3n) is 1.90. The lowest BCUT2D eigenvalue weighted by molar-refractivity contribution is -0.141. The molecule has 0 bridgehead atoms. The molecular formula is C9H18N2O3. The summed E-state index contributed by atoms with van der Waals surface area (Å²) in [6.45, 7) is 5.00. The molecule has 1 unspecified atom stereocenters. The van der Waals surface area contributed by atoms with E-state index in [0.717, 1.165) is 6.42 Å². The van der Waals surface area contributed by atoms with Gasteiger partial charge in [0.25, 0.3) is 0 Å². The van der Waals surface area contributed by atoms with Crippen molar-refractivity contribution < 1.29 is 14.7 Å². The lowest BCUT2D eigenvalue weighted by atomic mass is 10.2. The maximum atomic E-state index is 11.5. The normalized spacial score (nSPS) is 12.2. The molecule has 82 valence electrons. The molecule has 0 aliphatic heterocycles. The molecule has 0 saturated heterocycles. The number of hydrogen-bond donors (Lipinski definition) is 2. The third-order valence-corrected chi connectivity index (χ3v) is 1.90. The summed E-state index contributed by atoms with van der Waals surface area (Å²) >= 11 is 0. The van der Waals surface area contributed by atoms with E-state index in [2.05, 4.69) is 0 Å². The van der Waals surface area contributed by atoms with Gasteiger partial charge in [0.2, 0.25) is 5.91 Å². The monoisotopic (exact) mass is 202 g/mol. The molecule has 0 aromatic carbocycles. The van der Waals surface area contributed by atoms with Gasteiger partial charge in [-0.1, -0.05) is 6.92 Å². The van der Waals surface area contributed by atoms with Gasteiger partial charge in [0.05, 0.1) is 12.5 Å². The number of carbonyl (C=O) groups excluding carboxylic acids is 1. The first-order valence-electron chi connectivity index (χ1n) is 4.79.